The summed E-state index contributed by atoms with van der Waals surface area (Å²) in [6.45, 7) is 3.70. The fourth-order valence-electron chi connectivity index (χ4n) is 3.36. The molecule has 9 heteroatoms. The molecular formula is C17H19N5O3S. The second-order valence-corrected chi connectivity index (χ2v) is 8.52. The number of aromatic nitrogens is 4. The van der Waals surface area contributed by atoms with Crippen molar-refractivity contribution in [3.05, 3.63) is 57.5 Å². The lowest BCUT2D eigenvalue weighted by molar-refractivity contribution is 0.239. The monoisotopic (exact) mass is 373 g/mol. The van der Waals surface area contributed by atoms with Crippen LogP contribution in [-0.2, 0) is 29.3 Å². The average molecular weight is 373 g/mol. The van der Waals surface area contributed by atoms with Crippen LogP contribution in [0.4, 0.5) is 0 Å². The molecule has 0 aromatic carbocycles. The Labute approximate surface area is 150 Å². The van der Waals surface area contributed by atoms with Gasteiger partial charge in [-0.15, -0.1) is 0 Å². The normalized spacial score (nSPS) is 15.3. The predicted molar refractivity (Wildman–Crippen MR) is 95.7 cm³/mol. The van der Waals surface area contributed by atoms with Crippen molar-refractivity contribution < 1.29 is 8.42 Å². The molecule has 3 aromatic heterocycles. The zero-order valence-electron chi connectivity index (χ0n) is 14.6. The van der Waals surface area contributed by atoms with E-state index >= 15 is 0 Å². The molecule has 0 saturated carbocycles. The highest BCUT2D eigenvalue weighted by atomic mass is 32.2. The molecule has 0 unspecified atom stereocenters. The summed E-state index contributed by atoms with van der Waals surface area (Å²) in [6.07, 6.45) is 3.56. The molecule has 8 nitrogen and oxygen atoms in total. The van der Waals surface area contributed by atoms with Crippen LogP contribution in [0.1, 0.15) is 22.8 Å². The van der Waals surface area contributed by atoms with Crippen LogP contribution in [0.15, 0.2) is 34.3 Å². The predicted octanol–water partition coefficient (Wildman–Crippen LogP) is 0.688. The molecule has 0 saturated heterocycles. The second kappa shape index (κ2) is 6.03. The maximum atomic E-state index is 12.3. The van der Waals surface area contributed by atoms with Gasteiger partial charge in [0.25, 0.3) is 5.56 Å². The van der Waals surface area contributed by atoms with Gasteiger partial charge in [0.15, 0.2) is 0 Å². The Morgan fingerprint density at radius 2 is 2.08 bits per heavy atom. The molecule has 0 spiro atoms. The molecule has 0 fully saturated rings. The molecule has 1 N–H and O–H groups in total. The number of fused-ring (bicyclic) bond motifs is 2. The van der Waals surface area contributed by atoms with Gasteiger partial charge in [0, 0.05) is 38.5 Å². The number of imidazole rings is 1. The zero-order valence-corrected chi connectivity index (χ0v) is 15.4. The Morgan fingerprint density at radius 1 is 1.27 bits per heavy atom. The van der Waals surface area contributed by atoms with Crippen LogP contribution in [0, 0.1) is 6.92 Å². The Kier molecular flexibility index (Phi) is 3.92. The van der Waals surface area contributed by atoms with E-state index in [1.165, 1.54) is 0 Å². The van der Waals surface area contributed by atoms with Gasteiger partial charge in [0.05, 0.1) is 22.5 Å². The van der Waals surface area contributed by atoms with Crippen molar-refractivity contribution in [2.75, 3.05) is 12.8 Å². The van der Waals surface area contributed by atoms with Crippen LogP contribution in [-0.4, -0.2) is 45.5 Å². The highest BCUT2D eigenvalue weighted by Crippen LogP contribution is 2.20. The average Bonchev–Trinajstić information content (AvgIpc) is 2.91. The molecule has 1 aliphatic heterocycles. The van der Waals surface area contributed by atoms with E-state index in [2.05, 4.69) is 19.9 Å². The molecule has 0 bridgehead atoms. The molecule has 1 aliphatic rings. The van der Waals surface area contributed by atoms with Crippen LogP contribution < -0.4 is 5.56 Å². The Bertz CT molecular complexity index is 1160. The summed E-state index contributed by atoms with van der Waals surface area (Å²) in [7, 11) is -3.54. The topological polar surface area (TPSA) is 100 Å². The van der Waals surface area contributed by atoms with Gasteiger partial charge in [0.2, 0.25) is 15.0 Å². The van der Waals surface area contributed by atoms with Crippen molar-refractivity contribution in [3.63, 3.8) is 0 Å². The Balaban J connectivity index is 1.64. The van der Waals surface area contributed by atoms with E-state index in [1.807, 2.05) is 35.7 Å². The highest BCUT2D eigenvalue weighted by molar-refractivity contribution is 7.90. The smallest absolute Gasteiger partial charge is 0.256 e. The summed E-state index contributed by atoms with van der Waals surface area (Å²) >= 11 is 0. The van der Waals surface area contributed by atoms with E-state index in [1.54, 1.807) is 0 Å². The largest absolute Gasteiger partial charge is 0.304 e. The molecule has 0 aliphatic carbocycles. The van der Waals surface area contributed by atoms with Gasteiger partial charge in [-0.1, -0.05) is 6.07 Å². The van der Waals surface area contributed by atoms with E-state index in [0.717, 1.165) is 23.3 Å². The number of hydrogen-bond acceptors (Lipinski definition) is 6. The molecule has 0 radical (unpaired) electrons. The standard InChI is InChI=1S/C17H19N5O3S/c1-11-18-14(15-5-3-4-7-22(11)15)10-21-8-6-13-12(9-21)16(23)20-17(19-13)26(2,24)25/h3-5,7H,6,8-10H2,1-2H3,(H,19,20,23). The van der Waals surface area contributed by atoms with Crippen molar-refractivity contribution >= 4 is 15.4 Å². The first-order chi connectivity index (χ1) is 12.3. The minimum absolute atomic E-state index is 0.259. The summed E-state index contributed by atoms with van der Waals surface area (Å²) in [6, 6.07) is 5.97. The third kappa shape index (κ3) is 2.93. The summed E-state index contributed by atoms with van der Waals surface area (Å²) in [5, 5.41) is -0.259. The number of rotatable bonds is 3. The molecule has 4 heterocycles. The summed E-state index contributed by atoms with van der Waals surface area (Å²) in [4.78, 5) is 25.7. The van der Waals surface area contributed by atoms with Crippen LogP contribution in [0.25, 0.3) is 5.52 Å². The van der Waals surface area contributed by atoms with Gasteiger partial charge in [-0.3, -0.25) is 14.7 Å². The summed E-state index contributed by atoms with van der Waals surface area (Å²) < 4.78 is 25.3. The van der Waals surface area contributed by atoms with E-state index < -0.39 is 9.84 Å². The Hall–Kier alpha value is -2.52. The molecular weight excluding hydrogens is 354 g/mol. The van der Waals surface area contributed by atoms with E-state index in [0.29, 0.717) is 37.3 Å². The first-order valence-electron chi connectivity index (χ1n) is 8.30. The maximum absolute atomic E-state index is 12.3. The van der Waals surface area contributed by atoms with Gasteiger partial charge in [-0.05, 0) is 19.1 Å². The summed E-state index contributed by atoms with van der Waals surface area (Å²) in [5.41, 5.74) is 2.73. The van der Waals surface area contributed by atoms with Crippen LogP contribution in [0.2, 0.25) is 0 Å². The Morgan fingerprint density at radius 3 is 2.85 bits per heavy atom. The zero-order chi connectivity index (χ0) is 18.5. The third-order valence-corrected chi connectivity index (χ3v) is 5.55. The number of H-pyrrole nitrogens is 1. The second-order valence-electron chi connectivity index (χ2n) is 6.59. The minimum Gasteiger partial charge on any atom is -0.304 e. The number of aromatic amines is 1. The maximum Gasteiger partial charge on any atom is 0.256 e. The van der Waals surface area contributed by atoms with Gasteiger partial charge in [0.1, 0.15) is 5.82 Å². The highest BCUT2D eigenvalue weighted by Gasteiger charge is 2.24. The SMILES string of the molecule is Cc1nc(CN2CCc3nc(S(C)(=O)=O)[nH]c(=O)c3C2)c2ccccn12. The fourth-order valence-corrected chi connectivity index (χ4v) is 3.92. The fraction of sp³-hybridized carbons (Fsp3) is 0.353. The number of nitrogens with zero attached hydrogens (tertiary/aromatic N) is 4. The van der Waals surface area contributed by atoms with Crippen LogP contribution >= 0.6 is 0 Å². The number of hydrogen-bond donors (Lipinski definition) is 1. The number of aryl methyl sites for hydroxylation is 1. The molecule has 26 heavy (non-hydrogen) atoms. The van der Waals surface area contributed by atoms with Crippen molar-refractivity contribution in [2.45, 2.75) is 31.6 Å². The van der Waals surface area contributed by atoms with E-state index in [4.69, 9.17) is 0 Å². The van der Waals surface area contributed by atoms with Crippen molar-refractivity contribution in [3.8, 4) is 0 Å². The number of sulfone groups is 1. The van der Waals surface area contributed by atoms with Crippen molar-refractivity contribution in [1.82, 2.24) is 24.3 Å². The molecule has 0 atom stereocenters. The third-order valence-electron chi connectivity index (χ3n) is 4.65. The molecule has 3 aromatic rings. The molecule has 0 amide bonds. The lowest BCUT2D eigenvalue weighted by Crippen LogP contribution is -2.36. The quantitative estimate of drug-likeness (QED) is 0.678. The molecule has 136 valence electrons. The van der Waals surface area contributed by atoms with Gasteiger partial charge in [-0.2, -0.15) is 0 Å². The van der Waals surface area contributed by atoms with E-state index in [9.17, 15) is 13.2 Å². The van der Waals surface area contributed by atoms with Gasteiger partial charge in [-0.25, -0.2) is 18.4 Å². The summed E-state index contributed by atoms with van der Waals surface area (Å²) in [5.74, 6) is 0.922. The molecule has 4 rings (SSSR count). The first kappa shape index (κ1) is 16.9. The number of nitrogens with one attached hydrogen (secondary N) is 1. The van der Waals surface area contributed by atoms with Crippen molar-refractivity contribution in [2.24, 2.45) is 0 Å². The van der Waals surface area contributed by atoms with Gasteiger partial charge >= 0.3 is 0 Å². The lowest BCUT2D eigenvalue weighted by Gasteiger charge is -2.27. The van der Waals surface area contributed by atoms with Crippen molar-refractivity contribution in [1.29, 1.82) is 0 Å². The minimum atomic E-state index is -3.54. The van der Waals surface area contributed by atoms with Gasteiger partial charge < -0.3 is 4.40 Å². The lowest BCUT2D eigenvalue weighted by atomic mass is 10.1. The van der Waals surface area contributed by atoms with Crippen LogP contribution in [0.3, 0.4) is 0 Å². The number of pyridine rings is 1. The first-order valence-corrected chi connectivity index (χ1v) is 10.2. The van der Waals surface area contributed by atoms with E-state index in [-0.39, 0.29) is 10.7 Å². The van der Waals surface area contributed by atoms with Crippen LogP contribution in [0.5, 0.6) is 0 Å².